The van der Waals surface area contributed by atoms with Crippen LogP contribution in [0.3, 0.4) is 0 Å². The van der Waals surface area contributed by atoms with Gasteiger partial charge in [-0.05, 0) is 25.9 Å². The first-order valence-corrected chi connectivity index (χ1v) is 7.24. The van der Waals surface area contributed by atoms with Gasteiger partial charge in [-0.15, -0.1) is 0 Å². The minimum absolute atomic E-state index is 0.194. The minimum atomic E-state index is -1.12. The van der Waals surface area contributed by atoms with Crippen LogP contribution in [0.4, 0.5) is 0 Å². The summed E-state index contributed by atoms with van der Waals surface area (Å²) in [5.41, 5.74) is 3.19. The van der Waals surface area contributed by atoms with Gasteiger partial charge in [-0.2, -0.15) is 0 Å². The molecular formula is C13H28N4O4. The van der Waals surface area contributed by atoms with Crippen molar-refractivity contribution in [1.29, 1.82) is 0 Å². The van der Waals surface area contributed by atoms with Crippen LogP contribution in [0.5, 0.6) is 0 Å². The predicted octanol–water partition coefficient (Wildman–Crippen LogP) is 1.53. The average Bonchev–Trinajstić information content (AvgIpc) is 2.33. The maximum atomic E-state index is 11.1. The van der Waals surface area contributed by atoms with Gasteiger partial charge in [-0.3, -0.25) is 25.1 Å². The number of nitro groups is 2. The molecule has 0 radical (unpaired) electrons. The van der Waals surface area contributed by atoms with Crippen molar-refractivity contribution < 1.29 is 9.85 Å². The van der Waals surface area contributed by atoms with E-state index in [2.05, 4.69) is 0 Å². The van der Waals surface area contributed by atoms with Crippen LogP contribution in [0.2, 0.25) is 0 Å². The third-order valence-corrected chi connectivity index (χ3v) is 3.39. The molecule has 0 aliphatic heterocycles. The number of nitrogens with zero attached hydrogens (tertiary/aromatic N) is 3. The Hall–Kier alpha value is -1.28. The van der Waals surface area contributed by atoms with E-state index in [1.807, 2.05) is 4.90 Å². The summed E-state index contributed by atoms with van der Waals surface area (Å²) in [5.74, 6) is 0. The van der Waals surface area contributed by atoms with Gasteiger partial charge in [-0.25, -0.2) is 0 Å². The Morgan fingerprint density at radius 1 is 0.905 bits per heavy atom. The van der Waals surface area contributed by atoms with Crippen molar-refractivity contribution in [2.75, 3.05) is 26.2 Å². The van der Waals surface area contributed by atoms with Gasteiger partial charge < -0.3 is 5.73 Å². The molecule has 8 nitrogen and oxygen atoms in total. The van der Waals surface area contributed by atoms with E-state index in [4.69, 9.17) is 5.73 Å². The van der Waals surface area contributed by atoms with Gasteiger partial charge in [0.25, 0.3) is 0 Å². The second-order valence-electron chi connectivity index (χ2n) is 6.70. The van der Waals surface area contributed by atoms with Crippen LogP contribution in [0.25, 0.3) is 0 Å². The van der Waals surface area contributed by atoms with Crippen LogP contribution in [-0.4, -0.2) is 52.0 Å². The van der Waals surface area contributed by atoms with Crippen LogP contribution in [0.1, 0.15) is 47.0 Å². The zero-order chi connectivity index (χ0) is 16.7. The third-order valence-electron chi connectivity index (χ3n) is 3.39. The average molecular weight is 304 g/mol. The van der Waals surface area contributed by atoms with Gasteiger partial charge in [0.05, 0.1) is 13.1 Å². The van der Waals surface area contributed by atoms with E-state index in [0.29, 0.717) is 13.1 Å². The lowest BCUT2D eigenvalue weighted by atomic mass is 10.0. The van der Waals surface area contributed by atoms with E-state index in [-0.39, 0.29) is 22.9 Å². The van der Waals surface area contributed by atoms with Gasteiger partial charge in [0.1, 0.15) is 0 Å². The second-order valence-corrected chi connectivity index (χ2v) is 6.70. The first-order chi connectivity index (χ1) is 9.53. The summed E-state index contributed by atoms with van der Waals surface area (Å²) < 4.78 is 0. The van der Waals surface area contributed by atoms with Gasteiger partial charge in [0.2, 0.25) is 11.1 Å². The van der Waals surface area contributed by atoms with Gasteiger partial charge in [-0.1, -0.05) is 6.42 Å². The standard InChI is InChI=1S/C13H28N4O4/c1-12(2,16(18)19)10-15(9-7-5-6-8-14)11-13(3,4)17(20)21/h5-11,14H2,1-4H3. The van der Waals surface area contributed by atoms with Crippen molar-refractivity contribution in [3.8, 4) is 0 Å². The number of hydrogen-bond donors (Lipinski definition) is 1. The summed E-state index contributed by atoms with van der Waals surface area (Å²) in [5, 5.41) is 22.1. The lowest BCUT2D eigenvalue weighted by Crippen LogP contribution is -2.51. The van der Waals surface area contributed by atoms with Gasteiger partial charge >= 0.3 is 0 Å². The number of hydrogen-bond acceptors (Lipinski definition) is 6. The van der Waals surface area contributed by atoms with E-state index < -0.39 is 11.1 Å². The summed E-state index contributed by atoms with van der Waals surface area (Å²) >= 11 is 0. The van der Waals surface area contributed by atoms with Crippen LogP contribution in [-0.2, 0) is 0 Å². The zero-order valence-corrected chi connectivity index (χ0v) is 13.5. The monoisotopic (exact) mass is 304 g/mol. The minimum Gasteiger partial charge on any atom is -0.330 e. The quantitative estimate of drug-likeness (QED) is 0.351. The fraction of sp³-hybridized carbons (Fsp3) is 1.00. The van der Waals surface area contributed by atoms with Crippen molar-refractivity contribution >= 4 is 0 Å². The number of unbranched alkanes of at least 4 members (excludes halogenated alkanes) is 2. The summed E-state index contributed by atoms with van der Waals surface area (Å²) in [6.45, 7) is 7.77. The Morgan fingerprint density at radius 3 is 1.67 bits per heavy atom. The second kappa shape index (κ2) is 8.23. The van der Waals surface area contributed by atoms with Crippen molar-refractivity contribution in [2.45, 2.75) is 58.0 Å². The lowest BCUT2D eigenvalue weighted by Gasteiger charge is -2.30. The van der Waals surface area contributed by atoms with E-state index >= 15 is 0 Å². The zero-order valence-electron chi connectivity index (χ0n) is 13.5. The summed E-state index contributed by atoms with van der Waals surface area (Å²) in [6, 6.07) is 0. The predicted molar refractivity (Wildman–Crippen MR) is 81.5 cm³/mol. The van der Waals surface area contributed by atoms with Crippen molar-refractivity contribution in [3.05, 3.63) is 20.2 Å². The smallest absolute Gasteiger partial charge is 0.229 e. The molecule has 0 fully saturated rings. The molecule has 0 bridgehead atoms. The molecule has 0 saturated heterocycles. The fourth-order valence-electron chi connectivity index (χ4n) is 2.08. The molecule has 124 valence electrons. The van der Waals surface area contributed by atoms with E-state index in [1.165, 1.54) is 0 Å². The maximum Gasteiger partial charge on any atom is 0.229 e. The molecule has 0 amide bonds. The molecule has 0 aliphatic carbocycles. The molecule has 8 heteroatoms. The molecule has 0 aromatic heterocycles. The number of nitrogens with two attached hydrogens (primary N) is 1. The summed E-state index contributed by atoms with van der Waals surface area (Å²) in [7, 11) is 0. The fourth-order valence-corrected chi connectivity index (χ4v) is 2.08. The highest BCUT2D eigenvalue weighted by molar-refractivity contribution is 4.79. The van der Waals surface area contributed by atoms with Crippen molar-refractivity contribution in [3.63, 3.8) is 0 Å². The topological polar surface area (TPSA) is 116 Å². The van der Waals surface area contributed by atoms with Crippen molar-refractivity contribution in [2.24, 2.45) is 5.73 Å². The first kappa shape index (κ1) is 19.7. The van der Waals surface area contributed by atoms with Crippen LogP contribution < -0.4 is 5.73 Å². The molecule has 0 heterocycles. The molecule has 0 atom stereocenters. The Balaban J connectivity index is 4.76. The highest BCUT2D eigenvalue weighted by atomic mass is 16.6. The molecule has 0 aromatic rings. The first-order valence-electron chi connectivity index (χ1n) is 7.24. The summed E-state index contributed by atoms with van der Waals surface area (Å²) in [4.78, 5) is 23.3. The summed E-state index contributed by atoms with van der Waals surface area (Å²) in [6.07, 6.45) is 2.65. The molecule has 0 aliphatic rings. The van der Waals surface area contributed by atoms with Gasteiger partial charge in [0, 0.05) is 37.5 Å². The lowest BCUT2D eigenvalue weighted by molar-refractivity contribution is -0.569. The largest absolute Gasteiger partial charge is 0.330 e. The normalized spacial score (nSPS) is 12.7. The van der Waals surface area contributed by atoms with Crippen LogP contribution in [0, 0.1) is 20.2 Å². The maximum absolute atomic E-state index is 11.1. The van der Waals surface area contributed by atoms with E-state index in [9.17, 15) is 20.2 Å². The molecule has 0 spiro atoms. The Morgan fingerprint density at radius 2 is 1.33 bits per heavy atom. The Labute approximate surface area is 126 Å². The van der Waals surface area contributed by atoms with E-state index in [1.54, 1.807) is 27.7 Å². The van der Waals surface area contributed by atoms with Crippen LogP contribution >= 0.6 is 0 Å². The SMILES string of the molecule is CC(C)(CN(CCCCCN)CC(C)(C)[N+](=O)[O-])[N+](=O)[O-]. The highest BCUT2D eigenvalue weighted by Crippen LogP contribution is 2.16. The molecule has 0 saturated carbocycles. The highest BCUT2D eigenvalue weighted by Gasteiger charge is 2.38. The van der Waals surface area contributed by atoms with Crippen molar-refractivity contribution in [1.82, 2.24) is 4.90 Å². The third kappa shape index (κ3) is 7.33. The molecular weight excluding hydrogens is 276 g/mol. The molecule has 0 rings (SSSR count). The van der Waals surface area contributed by atoms with Crippen LogP contribution in [0.15, 0.2) is 0 Å². The number of rotatable bonds is 11. The molecule has 21 heavy (non-hydrogen) atoms. The molecule has 2 N–H and O–H groups in total. The molecule has 0 unspecified atom stereocenters. The van der Waals surface area contributed by atoms with E-state index in [0.717, 1.165) is 19.3 Å². The molecule has 0 aromatic carbocycles. The Bertz CT molecular complexity index is 330. The van der Waals surface area contributed by atoms with Gasteiger partial charge in [0.15, 0.2) is 0 Å². The Kier molecular flexibility index (Phi) is 7.73.